The van der Waals surface area contributed by atoms with Crippen LogP contribution in [0.3, 0.4) is 0 Å². The fourth-order valence-electron chi connectivity index (χ4n) is 1.97. The number of carbonyl (C=O) groups is 1. The number of carboxylic acids is 1. The minimum absolute atomic E-state index is 0.0527. The van der Waals surface area contributed by atoms with E-state index in [1.807, 2.05) is 0 Å². The highest BCUT2D eigenvalue weighted by molar-refractivity contribution is 7.80. The van der Waals surface area contributed by atoms with Crippen molar-refractivity contribution in [3.63, 3.8) is 0 Å². The summed E-state index contributed by atoms with van der Waals surface area (Å²) in [7, 11) is 0. The van der Waals surface area contributed by atoms with Gasteiger partial charge in [0.1, 0.15) is 5.75 Å². The Morgan fingerprint density at radius 1 is 1.35 bits per heavy atom. The number of hydrazone groups is 1. The summed E-state index contributed by atoms with van der Waals surface area (Å²) in [6.45, 7) is 1.91. The summed E-state index contributed by atoms with van der Waals surface area (Å²) in [5.74, 6) is -0.834. The lowest BCUT2D eigenvalue weighted by molar-refractivity contribution is -0.136. The number of hydrogen-bond acceptors (Lipinski definition) is 5. The summed E-state index contributed by atoms with van der Waals surface area (Å²) < 4.78 is 0. The van der Waals surface area contributed by atoms with Crippen LogP contribution in [0.1, 0.15) is 18.9 Å². The fraction of sp³-hybridized carbons (Fsp3) is 0.188. The molecule has 0 amide bonds. The van der Waals surface area contributed by atoms with E-state index in [1.54, 1.807) is 30.5 Å². The molecule has 0 aliphatic rings. The van der Waals surface area contributed by atoms with E-state index in [0.717, 1.165) is 5.56 Å². The van der Waals surface area contributed by atoms with Crippen LogP contribution >= 0.6 is 46.8 Å². The molecule has 10 heteroatoms. The summed E-state index contributed by atoms with van der Waals surface area (Å²) in [6, 6.07) is 5.13. The van der Waals surface area contributed by atoms with Crippen LogP contribution in [0.15, 0.2) is 28.7 Å². The van der Waals surface area contributed by atoms with E-state index < -0.39 is 5.97 Å². The first-order chi connectivity index (χ1) is 12.3. The first-order valence-electron chi connectivity index (χ1n) is 7.35. The molecule has 1 aromatic heterocycles. The highest BCUT2D eigenvalue weighted by Crippen LogP contribution is 2.40. The number of hydrogen-bond donors (Lipinski definition) is 4. The number of thiophene rings is 1. The zero-order valence-corrected chi connectivity index (χ0v) is 16.7. The van der Waals surface area contributed by atoms with E-state index in [9.17, 15) is 9.90 Å². The predicted molar refractivity (Wildman–Crippen MR) is 110 cm³/mol. The molecule has 0 aliphatic carbocycles. The topological polar surface area (TPSA) is 94.0 Å². The Balaban J connectivity index is 2.09. The van der Waals surface area contributed by atoms with Crippen molar-refractivity contribution in [2.24, 2.45) is 5.10 Å². The molecule has 138 valence electrons. The van der Waals surface area contributed by atoms with Crippen molar-refractivity contribution in [1.29, 1.82) is 0 Å². The average Bonchev–Trinajstić information content (AvgIpc) is 2.96. The van der Waals surface area contributed by atoms with E-state index >= 15 is 0 Å². The summed E-state index contributed by atoms with van der Waals surface area (Å²) in [6.07, 6.45) is -0.0527. The van der Waals surface area contributed by atoms with Gasteiger partial charge >= 0.3 is 5.97 Å². The molecule has 0 radical (unpaired) electrons. The molecule has 6 nitrogen and oxygen atoms in total. The molecule has 0 unspecified atom stereocenters. The lowest BCUT2D eigenvalue weighted by atomic mass is 10.1. The number of aromatic hydroxyl groups is 1. The molecule has 2 rings (SSSR count). The normalized spacial score (nSPS) is 11.3. The van der Waals surface area contributed by atoms with Crippen LogP contribution in [0.2, 0.25) is 10.0 Å². The van der Waals surface area contributed by atoms with Gasteiger partial charge in [0.15, 0.2) is 5.11 Å². The van der Waals surface area contributed by atoms with E-state index in [0.29, 0.717) is 26.2 Å². The van der Waals surface area contributed by atoms with Gasteiger partial charge in [0.2, 0.25) is 0 Å². The van der Waals surface area contributed by atoms with Crippen LogP contribution in [-0.4, -0.2) is 33.6 Å². The second-order valence-corrected chi connectivity index (χ2v) is 7.27. The quantitative estimate of drug-likeness (QED) is 0.312. The Hall–Kier alpha value is -1.87. The molecule has 2 aromatic rings. The second kappa shape index (κ2) is 9.18. The first kappa shape index (κ1) is 20.4. The van der Waals surface area contributed by atoms with Crippen molar-refractivity contribution in [1.82, 2.24) is 10.7 Å². The van der Waals surface area contributed by atoms with E-state index in [2.05, 4.69) is 15.8 Å². The predicted octanol–water partition coefficient (Wildman–Crippen LogP) is 4.09. The number of aliphatic carboxylic acids is 1. The highest BCUT2D eigenvalue weighted by Gasteiger charge is 2.15. The smallest absolute Gasteiger partial charge is 0.305 e. The van der Waals surface area contributed by atoms with Crippen molar-refractivity contribution >= 4 is 63.5 Å². The molecule has 1 heterocycles. The lowest BCUT2D eigenvalue weighted by Gasteiger charge is -2.07. The molecular weight excluding hydrogens is 417 g/mol. The van der Waals surface area contributed by atoms with Crippen LogP contribution in [0.4, 0.5) is 0 Å². The Morgan fingerprint density at radius 3 is 2.73 bits per heavy atom. The van der Waals surface area contributed by atoms with Gasteiger partial charge in [-0.25, -0.2) is 0 Å². The van der Waals surface area contributed by atoms with Crippen LogP contribution in [0.25, 0.3) is 10.4 Å². The summed E-state index contributed by atoms with van der Waals surface area (Å²) in [5, 5.41) is 28.7. The Bertz CT molecular complexity index is 868. The molecular formula is C16H15Cl2N3O3S2. The van der Waals surface area contributed by atoms with Gasteiger partial charge in [0, 0.05) is 11.9 Å². The lowest BCUT2D eigenvalue weighted by Crippen LogP contribution is -2.34. The third-order valence-electron chi connectivity index (χ3n) is 3.29. The van der Waals surface area contributed by atoms with Gasteiger partial charge in [0.05, 0.1) is 32.6 Å². The Kier molecular flexibility index (Phi) is 7.22. The molecule has 26 heavy (non-hydrogen) atoms. The van der Waals surface area contributed by atoms with Gasteiger partial charge in [-0.3, -0.25) is 10.2 Å². The number of rotatable bonds is 6. The molecule has 4 N–H and O–H groups in total. The van der Waals surface area contributed by atoms with Crippen molar-refractivity contribution in [2.75, 3.05) is 6.54 Å². The van der Waals surface area contributed by atoms with Crippen LogP contribution in [0.5, 0.6) is 5.75 Å². The van der Waals surface area contributed by atoms with Crippen molar-refractivity contribution < 1.29 is 15.0 Å². The summed E-state index contributed by atoms with van der Waals surface area (Å²) in [5.41, 5.74) is 4.44. The van der Waals surface area contributed by atoms with Crippen LogP contribution < -0.4 is 10.7 Å². The van der Waals surface area contributed by atoms with E-state index in [4.69, 9.17) is 40.5 Å². The zero-order valence-electron chi connectivity index (χ0n) is 13.5. The van der Waals surface area contributed by atoms with E-state index in [1.165, 1.54) is 11.3 Å². The summed E-state index contributed by atoms with van der Waals surface area (Å²) >= 11 is 18.3. The maximum absolute atomic E-state index is 10.5. The van der Waals surface area contributed by atoms with Gasteiger partial charge < -0.3 is 15.5 Å². The number of nitrogens with zero attached hydrogens (tertiary/aromatic N) is 1. The Morgan fingerprint density at radius 2 is 2.08 bits per heavy atom. The molecule has 0 fully saturated rings. The molecule has 0 saturated heterocycles. The zero-order chi connectivity index (χ0) is 19.3. The van der Waals surface area contributed by atoms with Crippen LogP contribution in [0, 0.1) is 0 Å². The average molecular weight is 432 g/mol. The molecule has 0 spiro atoms. The molecule has 0 bridgehead atoms. The maximum atomic E-state index is 10.5. The highest BCUT2D eigenvalue weighted by atomic mass is 35.5. The van der Waals surface area contributed by atoms with Crippen molar-refractivity contribution in [3.8, 4) is 16.2 Å². The molecule has 0 atom stereocenters. The fourth-order valence-corrected chi connectivity index (χ4v) is 3.42. The Labute approximate surface area is 169 Å². The largest absolute Gasteiger partial charge is 0.506 e. The minimum atomic E-state index is -0.919. The van der Waals surface area contributed by atoms with Crippen molar-refractivity contribution in [3.05, 3.63) is 39.2 Å². The van der Waals surface area contributed by atoms with Crippen molar-refractivity contribution in [2.45, 2.75) is 13.3 Å². The number of benzene rings is 1. The van der Waals surface area contributed by atoms with Gasteiger partial charge in [-0.05, 0) is 36.8 Å². The number of nitrogens with one attached hydrogen (secondary N) is 2. The number of carboxylic acid groups (broad SMARTS) is 1. The molecule has 0 aliphatic heterocycles. The second-order valence-electron chi connectivity index (χ2n) is 5.16. The van der Waals surface area contributed by atoms with Gasteiger partial charge in [-0.2, -0.15) is 5.10 Å². The third kappa shape index (κ3) is 5.31. The van der Waals surface area contributed by atoms with E-state index in [-0.39, 0.29) is 23.8 Å². The molecule has 1 aromatic carbocycles. The third-order valence-corrected chi connectivity index (χ3v) is 5.28. The minimum Gasteiger partial charge on any atom is -0.506 e. The maximum Gasteiger partial charge on any atom is 0.305 e. The monoisotopic (exact) mass is 431 g/mol. The van der Waals surface area contributed by atoms with Gasteiger partial charge in [-0.15, -0.1) is 11.3 Å². The first-order valence-corrected chi connectivity index (χ1v) is 9.40. The number of halogens is 2. The standard InChI is InChI=1S/C16H15Cl2N3O3S2/c1-8(20-21-16(25)19-5-4-13(22)23)10-7-26-15(14(10)24)9-2-3-11(17)12(18)6-9/h2-3,6-7,24H,4-5H2,1H3,(H,22,23)(H2,19,21,25)/b20-8-. The van der Waals surface area contributed by atoms with Gasteiger partial charge in [-0.1, -0.05) is 29.3 Å². The van der Waals surface area contributed by atoms with Crippen LogP contribution in [-0.2, 0) is 4.79 Å². The summed E-state index contributed by atoms with van der Waals surface area (Å²) in [4.78, 5) is 11.1. The molecule has 0 saturated carbocycles. The number of thiocarbonyl (C=S) groups is 1. The van der Waals surface area contributed by atoms with Gasteiger partial charge in [0.25, 0.3) is 0 Å². The SMILES string of the molecule is C/C(=N/NC(=S)NCCC(=O)O)c1csc(-c2ccc(Cl)c(Cl)c2)c1O.